The maximum absolute atomic E-state index is 11.6. The van der Waals surface area contributed by atoms with Crippen LogP contribution in [-0.2, 0) is 11.2 Å². The van der Waals surface area contributed by atoms with Crippen LogP contribution in [0.1, 0.15) is 23.6 Å². The van der Waals surface area contributed by atoms with Gasteiger partial charge in [0.25, 0.3) is 0 Å². The number of methoxy groups -OCH3 is 2. The van der Waals surface area contributed by atoms with Crippen LogP contribution in [0.2, 0.25) is 0 Å². The van der Waals surface area contributed by atoms with Crippen molar-refractivity contribution in [2.75, 3.05) is 14.2 Å². The van der Waals surface area contributed by atoms with Gasteiger partial charge in [-0.2, -0.15) is 0 Å². The minimum atomic E-state index is -0.989. The summed E-state index contributed by atoms with van der Waals surface area (Å²) < 4.78 is 10.4. The number of hydrogen-bond donors (Lipinski definition) is 1. The third-order valence-electron chi connectivity index (χ3n) is 3.62. The molecule has 23 heavy (non-hydrogen) atoms. The molecule has 0 spiro atoms. The van der Waals surface area contributed by atoms with E-state index in [0.29, 0.717) is 17.1 Å². The molecule has 0 aliphatic carbocycles. The number of carboxylic acids is 1. The second-order valence-electron chi connectivity index (χ2n) is 5.03. The first-order chi connectivity index (χ1) is 11.1. The fourth-order valence-corrected chi connectivity index (χ4v) is 2.29. The van der Waals surface area contributed by atoms with Crippen LogP contribution < -0.4 is 9.47 Å². The number of carbonyl (C=O) groups is 1. The predicted molar refractivity (Wildman–Crippen MR) is 90.9 cm³/mol. The fraction of sp³-hybridized carbons (Fsp3) is 0.211. The van der Waals surface area contributed by atoms with Gasteiger partial charge in [-0.1, -0.05) is 37.3 Å². The number of ether oxygens (including phenoxy) is 2. The predicted octanol–water partition coefficient (Wildman–Crippen LogP) is 3.89. The van der Waals surface area contributed by atoms with E-state index in [1.54, 1.807) is 31.4 Å². The van der Waals surface area contributed by atoms with E-state index in [-0.39, 0.29) is 5.57 Å². The molecule has 4 nitrogen and oxygen atoms in total. The molecule has 0 saturated carbocycles. The van der Waals surface area contributed by atoms with Crippen LogP contribution in [0.4, 0.5) is 0 Å². The van der Waals surface area contributed by atoms with Crippen molar-refractivity contribution in [3.8, 4) is 11.5 Å². The van der Waals surface area contributed by atoms with E-state index in [0.717, 1.165) is 12.0 Å². The van der Waals surface area contributed by atoms with Gasteiger partial charge in [0.2, 0.25) is 0 Å². The summed E-state index contributed by atoms with van der Waals surface area (Å²) in [5.41, 5.74) is 2.82. The lowest BCUT2D eigenvalue weighted by Gasteiger charge is -2.10. The maximum atomic E-state index is 11.6. The zero-order valence-corrected chi connectivity index (χ0v) is 13.5. The monoisotopic (exact) mass is 312 g/mol. The first-order valence-corrected chi connectivity index (χ1v) is 7.35. The minimum absolute atomic E-state index is 0.204. The molecule has 120 valence electrons. The molecule has 0 heterocycles. The van der Waals surface area contributed by atoms with Gasteiger partial charge >= 0.3 is 5.97 Å². The number of carboxylic acid groups (broad SMARTS) is 1. The standard InChI is InChI=1S/C19H20O4/c1-4-13-5-7-14(8-6-13)11-16(19(20)21)15-9-10-17(22-2)18(12-15)23-3/h5-12H,4H2,1-3H3,(H,20,21)/b16-11-. The van der Waals surface area contributed by atoms with E-state index in [1.807, 2.05) is 24.3 Å². The number of aryl methyl sites for hydroxylation is 1. The van der Waals surface area contributed by atoms with Crippen LogP contribution >= 0.6 is 0 Å². The molecule has 1 N–H and O–H groups in total. The topological polar surface area (TPSA) is 55.8 Å². The van der Waals surface area contributed by atoms with Crippen molar-refractivity contribution in [3.05, 3.63) is 59.2 Å². The van der Waals surface area contributed by atoms with Gasteiger partial charge in [-0.05, 0) is 41.3 Å². The van der Waals surface area contributed by atoms with Crippen molar-refractivity contribution >= 4 is 17.6 Å². The molecule has 0 amide bonds. The first kappa shape index (κ1) is 16.6. The molecule has 0 saturated heterocycles. The van der Waals surface area contributed by atoms with Gasteiger partial charge in [-0.25, -0.2) is 4.79 Å². The zero-order valence-electron chi connectivity index (χ0n) is 13.5. The van der Waals surface area contributed by atoms with Crippen molar-refractivity contribution in [3.63, 3.8) is 0 Å². The lowest BCUT2D eigenvalue weighted by Crippen LogP contribution is -2.01. The molecule has 0 unspecified atom stereocenters. The third kappa shape index (κ3) is 3.92. The Morgan fingerprint density at radius 3 is 2.22 bits per heavy atom. The number of rotatable bonds is 6. The van der Waals surface area contributed by atoms with E-state index in [1.165, 1.54) is 12.7 Å². The summed E-state index contributed by atoms with van der Waals surface area (Å²) in [6.07, 6.45) is 2.61. The average Bonchev–Trinajstić information content (AvgIpc) is 2.59. The van der Waals surface area contributed by atoms with Gasteiger partial charge in [0.1, 0.15) is 0 Å². The Hall–Kier alpha value is -2.75. The van der Waals surface area contributed by atoms with Crippen LogP contribution in [-0.4, -0.2) is 25.3 Å². The van der Waals surface area contributed by atoms with Gasteiger partial charge in [0.05, 0.1) is 19.8 Å². The summed E-state index contributed by atoms with van der Waals surface area (Å²) in [6, 6.07) is 12.9. The van der Waals surface area contributed by atoms with E-state index in [4.69, 9.17) is 9.47 Å². The second-order valence-corrected chi connectivity index (χ2v) is 5.03. The highest BCUT2D eigenvalue weighted by molar-refractivity contribution is 6.20. The molecule has 0 aromatic heterocycles. The molecule has 2 aromatic carbocycles. The Kier molecular flexibility index (Phi) is 5.41. The van der Waals surface area contributed by atoms with Crippen molar-refractivity contribution in [2.45, 2.75) is 13.3 Å². The van der Waals surface area contributed by atoms with E-state index in [9.17, 15) is 9.90 Å². The van der Waals surface area contributed by atoms with Gasteiger partial charge in [-0.15, -0.1) is 0 Å². The van der Waals surface area contributed by atoms with Crippen molar-refractivity contribution in [2.24, 2.45) is 0 Å². The van der Waals surface area contributed by atoms with Crippen LogP contribution in [0.25, 0.3) is 11.6 Å². The lowest BCUT2D eigenvalue weighted by atomic mass is 10.0. The Labute approximate surface area is 136 Å². The van der Waals surface area contributed by atoms with Crippen LogP contribution in [0.5, 0.6) is 11.5 Å². The molecular formula is C19H20O4. The molecule has 0 radical (unpaired) electrons. The SMILES string of the molecule is CCc1ccc(/C=C(\C(=O)O)c2ccc(OC)c(OC)c2)cc1. The molecule has 0 aliphatic heterocycles. The van der Waals surface area contributed by atoms with Crippen LogP contribution in [0.3, 0.4) is 0 Å². The van der Waals surface area contributed by atoms with Crippen LogP contribution in [0.15, 0.2) is 42.5 Å². The average molecular weight is 312 g/mol. The summed E-state index contributed by atoms with van der Waals surface area (Å²) in [4.78, 5) is 11.6. The molecule has 0 aliphatic rings. The normalized spacial score (nSPS) is 11.2. The number of benzene rings is 2. The highest BCUT2D eigenvalue weighted by Crippen LogP contribution is 2.31. The molecule has 0 atom stereocenters. The summed E-state index contributed by atoms with van der Waals surface area (Å²) in [5.74, 6) is 0.0727. The Morgan fingerprint density at radius 2 is 1.70 bits per heavy atom. The van der Waals surface area contributed by atoms with Crippen molar-refractivity contribution in [1.29, 1.82) is 0 Å². The molecule has 4 heteroatoms. The molecular weight excluding hydrogens is 292 g/mol. The summed E-state index contributed by atoms with van der Waals surface area (Å²) in [7, 11) is 3.07. The Balaban J connectivity index is 2.45. The third-order valence-corrected chi connectivity index (χ3v) is 3.62. The quantitative estimate of drug-likeness (QED) is 0.649. The fourth-order valence-electron chi connectivity index (χ4n) is 2.29. The Bertz CT molecular complexity index is 715. The van der Waals surface area contributed by atoms with Gasteiger partial charge in [0, 0.05) is 0 Å². The lowest BCUT2D eigenvalue weighted by molar-refractivity contribution is -0.130. The Morgan fingerprint density at radius 1 is 1.04 bits per heavy atom. The summed E-state index contributed by atoms with van der Waals surface area (Å²) in [5, 5.41) is 9.54. The second kappa shape index (κ2) is 7.49. The molecule has 0 fully saturated rings. The smallest absolute Gasteiger partial charge is 0.336 e. The zero-order chi connectivity index (χ0) is 16.8. The highest BCUT2D eigenvalue weighted by Gasteiger charge is 2.13. The summed E-state index contributed by atoms with van der Waals surface area (Å²) in [6.45, 7) is 2.08. The van der Waals surface area contributed by atoms with Crippen molar-refractivity contribution < 1.29 is 19.4 Å². The maximum Gasteiger partial charge on any atom is 0.336 e. The van der Waals surface area contributed by atoms with E-state index < -0.39 is 5.97 Å². The van der Waals surface area contributed by atoms with Crippen molar-refractivity contribution in [1.82, 2.24) is 0 Å². The summed E-state index contributed by atoms with van der Waals surface area (Å²) >= 11 is 0. The minimum Gasteiger partial charge on any atom is -0.493 e. The number of hydrogen-bond acceptors (Lipinski definition) is 3. The van der Waals surface area contributed by atoms with Gasteiger partial charge in [-0.3, -0.25) is 0 Å². The van der Waals surface area contributed by atoms with E-state index >= 15 is 0 Å². The van der Waals surface area contributed by atoms with Crippen LogP contribution in [0, 0.1) is 0 Å². The van der Waals surface area contributed by atoms with Gasteiger partial charge in [0.15, 0.2) is 11.5 Å². The molecule has 2 aromatic rings. The first-order valence-electron chi connectivity index (χ1n) is 7.35. The molecule has 2 rings (SSSR count). The number of aliphatic carboxylic acids is 1. The largest absolute Gasteiger partial charge is 0.493 e. The van der Waals surface area contributed by atoms with Gasteiger partial charge < -0.3 is 14.6 Å². The highest BCUT2D eigenvalue weighted by atomic mass is 16.5. The van der Waals surface area contributed by atoms with E-state index in [2.05, 4.69) is 6.92 Å². The molecule has 0 bridgehead atoms.